The molecule has 0 aromatic carbocycles. The topological polar surface area (TPSA) is 92.5 Å². The highest BCUT2D eigenvalue weighted by molar-refractivity contribution is 7.11. The van der Waals surface area contributed by atoms with Gasteiger partial charge >= 0.3 is 0 Å². The number of nitrogens with one attached hydrogen (secondary N) is 2. The fourth-order valence-electron chi connectivity index (χ4n) is 0.991. The molecular formula is C7H10N6S. The summed E-state index contributed by atoms with van der Waals surface area (Å²) in [6.45, 7) is 2.64. The van der Waals surface area contributed by atoms with Crippen LogP contribution in [0, 0.1) is 6.92 Å². The number of H-pyrrole nitrogens is 1. The monoisotopic (exact) mass is 210 g/mol. The van der Waals surface area contributed by atoms with E-state index in [1.54, 1.807) is 11.3 Å². The van der Waals surface area contributed by atoms with Crippen LogP contribution in [-0.2, 0) is 6.54 Å². The van der Waals surface area contributed by atoms with Crippen molar-refractivity contribution in [1.29, 1.82) is 0 Å². The zero-order valence-electron chi connectivity index (χ0n) is 7.61. The molecule has 0 aliphatic carbocycles. The van der Waals surface area contributed by atoms with E-state index in [0.717, 1.165) is 5.01 Å². The average Bonchev–Trinajstić information content (AvgIpc) is 2.72. The smallest absolute Gasteiger partial charge is 0.244 e. The van der Waals surface area contributed by atoms with Gasteiger partial charge in [0.1, 0.15) is 5.01 Å². The van der Waals surface area contributed by atoms with Gasteiger partial charge in [-0.15, -0.1) is 16.4 Å². The quantitative estimate of drug-likeness (QED) is 0.695. The maximum absolute atomic E-state index is 5.37. The molecule has 0 radical (unpaired) electrons. The third-order valence-corrected chi connectivity index (χ3v) is 2.48. The van der Waals surface area contributed by atoms with E-state index in [0.29, 0.717) is 18.4 Å². The first kappa shape index (κ1) is 8.95. The Kier molecular flexibility index (Phi) is 2.32. The summed E-state index contributed by atoms with van der Waals surface area (Å²) in [5, 5.41) is 10.4. The third kappa shape index (κ3) is 1.99. The molecule has 0 saturated heterocycles. The second-order valence-corrected chi connectivity index (χ2v) is 4.08. The largest absolute Gasteiger partial charge is 0.368 e. The second-order valence-electron chi connectivity index (χ2n) is 2.76. The Bertz CT molecular complexity index is 379. The summed E-state index contributed by atoms with van der Waals surface area (Å²) in [7, 11) is 0. The van der Waals surface area contributed by atoms with Crippen LogP contribution in [0.3, 0.4) is 0 Å². The number of nitrogen functional groups attached to an aromatic ring is 1. The Hall–Kier alpha value is -1.63. The fourth-order valence-corrected chi connectivity index (χ4v) is 1.72. The fraction of sp³-hybridized carbons (Fsp3) is 0.286. The van der Waals surface area contributed by atoms with Crippen LogP contribution in [0.4, 0.5) is 11.9 Å². The SMILES string of the molecule is Cc1cnc(CNc2n[nH]c(N)n2)s1. The Morgan fingerprint density at radius 1 is 1.64 bits per heavy atom. The summed E-state index contributed by atoms with van der Waals surface area (Å²) < 4.78 is 0. The standard InChI is InChI=1S/C7H10N6S/c1-4-2-9-5(14-4)3-10-7-11-6(8)12-13-7/h2H,3H2,1H3,(H4,8,10,11,12,13). The van der Waals surface area contributed by atoms with E-state index in [1.165, 1.54) is 4.88 Å². The van der Waals surface area contributed by atoms with E-state index in [9.17, 15) is 0 Å². The number of rotatable bonds is 3. The van der Waals surface area contributed by atoms with Crippen molar-refractivity contribution in [3.8, 4) is 0 Å². The molecule has 0 aliphatic heterocycles. The lowest BCUT2D eigenvalue weighted by Crippen LogP contribution is -2.00. The van der Waals surface area contributed by atoms with Crippen molar-refractivity contribution >= 4 is 23.2 Å². The van der Waals surface area contributed by atoms with Gasteiger partial charge in [-0.1, -0.05) is 0 Å². The molecule has 14 heavy (non-hydrogen) atoms. The molecule has 0 saturated carbocycles. The lowest BCUT2D eigenvalue weighted by molar-refractivity contribution is 1.03. The summed E-state index contributed by atoms with van der Waals surface area (Å²) in [5.74, 6) is 0.804. The molecule has 2 aromatic heterocycles. The van der Waals surface area contributed by atoms with Crippen LogP contribution in [0.25, 0.3) is 0 Å². The Balaban J connectivity index is 1.94. The van der Waals surface area contributed by atoms with Crippen molar-refractivity contribution in [2.75, 3.05) is 11.1 Å². The van der Waals surface area contributed by atoms with Gasteiger partial charge in [0.25, 0.3) is 0 Å². The molecule has 0 amide bonds. The maximum Gasteiger partial charge on any atom is 0.244 e. The third-order valence-electron chi connectivity index (χ3n) is 1.57. The molecule has 0 spiro atoms. The number of nitrogens with zero attached hydrogens (tertiary/aromatic N) is 3. The summed E-state index contributed by atoms with van der Waals surface area (Å²) in [4.78, 5) is 9.30. The van der Waals surface area contributed by atoms with E-state index in [1.807, 2.05) is 13.1 Å². The molecule has 0 atom stereocenters. The zero-order chi connectivity index (χ0) is 9.97. The molecule has 0 fully saturated rings. The van der Waals surface area contributed by atoms with Crippen LogP contribution in [-0.4, -0.2) is 20.2 Å². The molecule has 0 aliphatic rings. The Morgan fingerprint density at radius 3 is 3.07 bits per heavy atom. The molecule has 0 bridgehead atoms. The van der Waals surface area contributed by atoms with E-state index >= 15 is 0 Å². The first-order chi connectivity index (χ1) is 6.74. The summed E-state index contributed by atoms with van der Waals surface area (Å²) >= 11 is 1.64. The van der Waals surface area contributed by atoms with Crippen molar-refractivity contribution in [3.63, 3.8) is 0 Å². The zero-order valence-corrected chi connectivity index (χ0v) is 8.43. The highest BCUT2D eigenvalue weighted by atomic mass is 32.1. The first-order valence-electron chi connectivity index (χ1n) is 4.07. The minimum atomic E-state index is 0.308. The number of anilines is 2. The van der Waals surface area contributed by atoms with Crippen molar-refractivity contribution in [3.05, 3.63) is 16.1 Å². The predicted octanol–water partition coefficient (Wildman–Crippen LogP) is 0.764. The molecule has 6 nitrogen and oxygen atoms in total. The molecule has 7 heteroatoms. The molecule has 2 heterocycles. The van der Waals surface area contributed by atoms with Crippen molar-refractivity contribution in [2.24, 2.45) is 0 Å². The summed E-state index contributed by atoms with van der Waals surface area (Å²) in [5.41, 5.74) is 5.37. The van der Waals surface area contributed by atoms with E-state index in [2.05, 4.69) is 25.5 Å². The normalized spacial score (nSPS) is 10.4. The highest BCUT2D eigenvalue weighted by Gasteiger charge is 2.01. The molecule has 0 unspecified atom stereocenters. The second kappa shape index (κ2) is 3.62. The van der Waals surface area contributed by atoms with E-state index < -0.39 is 0 Å². The lowest BCUT2D eigenvalue weighted by atomic mass is 10.6. The summed E-state index contributed by atoms with van der Waals surface area (Å²) in [6.07, 6.45) is 1.84. The van der Waals surface area contributed by atoms with Crippen molar-refractivity contribution in [1.82, 2.24) is 20.2 Å². The molecular weight excluding hydrogens is 200 g/mol. The number of hydrogen-bond donors (Lipinski definition) is 3. The van der Waals surface area contributed by atoms with Crippen LogP contribution in [0.2, 0.25) is 0 Å². The first-order valence-corrected chi connectivity index (χ1v) is 4.89. The predicted molar refractivity (Wildman–Crippen MR) is 55.0 cm³/mol. The van der Waals surface area contributed by atoms with Gasteiger partial charge in [0.05, 0.1) is 6.54 Å². The lowest BCUT2D eigenvalue weighted by Gasteiger charge is -1.95. The van der Waals surface area contributed by atoms with Crippen LogP contribution < -0.4 is 11.1 Å². The van der Waals surface area contributed by atoms with Crippen LogP contribution in [0.15, 0.2) is 6.20 Å². The van der Waals surface area contributed by atoms with Crippen molar-refractivity contribution < 1.29 is 0 Å². The van der Waals surface area contributed by atoms with E-state index in [-0.39, 0.29) is 0 Å². The number of thiazole rings is 1. The maximum atomic E-state index is 5.37. The Labute approximate surface area is 84.6 Å². The Morgan fingerprint density at radius 2 is 2.50 bits per heavy atom. The van der Waals surface area contributed by atoms with Gasteiger partial charge in [-0.05, 0) is 6.92 Å². The number of hydrogen-bond acceptors (Lipinski definition) is 6. The van der Waals surface area contributed by atoms with Gasteiger partial charge < -0.3 is 11.1 Å². The van der Waals surface area contributed by atoms with Crippen LogP contribution in [0.1, 0.15) is 9.88 Å². The molecule has 2 rings (SSSR count). The number of aryl methyl sites for hydroxylation is 1. The highest BCUT2D eigenvalue weighted by Crippen LogP contribution is 2.12. The minimum absolute atomic E-state index is 0.308. The van der Waals surface area contributed by atoms with Gasteiger partial charge in [0, 0.05) is 11.1 Å². The molecule has 4 N–H and O–H groups in total. The number of nitrogens with two attached hydrogens (primary N) is 1. The summed E-state index contributed by atoms with van der Waals surface area (Å²) in [6, 6.07) is 0. The minimum Gasteiger partial charge on any atom is -0.368 e. The average molecular weight is 210 g/mol. The van der Waals surface area contributed by atoms with Crippen molar-refractivity contribution in [2.45, 2.75) is 13.5 Å². The van der Waals surface area contributed by atoms with Gasteiger partial charge in [0.15, 0.2) is 0 Å². The van der Waals surface area contributed by atoms with Gasteiger partial charge in [0.2, 0.25) is 11.9 Å². The van der Waals surface area contributed by atoms with Crippen LogP contribution in [0.5, 0.6) is 0 Å². The molecule has 2 aromatic rings. The van der Waals surface area contributed by atoms with Gasteiger partial charge in [-0.25, -0.2) is 10.1 Å². The number of aromatic nitrogens is 4. The van der Waals surface area contributed by atoms with E-state index in [4.69, 9.17) is 5.73 Å². The van der Waals surface area contributed by atoms with Crippen LogP contribution >= 0.6 is 11.3 Å². The molecule has 74 valence electrons. The number of aromatic amines is 1. The van der Waals surface area contributed by atoms with Gasteiger partial charge in [-0.3, -0.25) is 0 Å². The van der Waals surface area contributed by atoms with Gasteiger partial charge in [-0.2, -0.15) is 4.98 Å².